The summed E-state index contributed by atoms with van der Waals surface area (Å²) < 4.78 is 0. The summed E-state index contributed by atoms with van der Waals surface area (Å²) in [6, 6.07) is 0.0437. The van der Waals surface area contributed by atoms with Crippen molar-refractivity contribution in [2.45, 2.75) is 33.1 Å². The molecule has 2 atom stereocenters. The Kier molecular flexibility index (Phi) is 6.90. The fraction of sp³-hybridized carbons (Fsp3) is 0.889. The highest BCUT2D eigenvalue weighted by Gasteiger charge is 2.28. The minimum Gasteiger partial charge on any atom is -0.355 e. The number of piperidine rings is 2. The van der Waals surface area contributed by atoms with Gasteiger partial charge in [0.25, 0.3) is 0 Å². The molecule has 0 aliphatic carbocycles. The highest BCUT2D eigenvalue weighted by molar-refractivity contribution is 5.79. The van der Waals surface area contributed by atoms with Gasteiger partial charge in [0.15, 0.2) is 0 Å². The van der Waals surface area contributed by atoms with Gasteiger partial charge in [-0.1, -0.05) is 13.8 Å². The largest absolute Gasteiger partial charge is 0.355 e. The Morgan fingerprint density at radius 2 is 1.67 bits per heavy atom. The van der Waals surface area contributed by atoms with Crippen molar-refractivity contribution in [2.24, 2.45) is 17.8 Å². The van der Waals surface area contributed by atoms with Crippen LogP contribution in [0.15, 0.2) is 0 Å². The number of nitrogens with one attached hydrogen (secondary N) is 1. The molecule has 6 heteroatoms. The summed E-state index contributed by atoms with van der Waals surface area (Å²) in [5.41, 5.74) is 0. The molecule has 2 aliphatic heterocycles. The van der Waals surface area contributed by atoms with Crippen molar-refractivity contribution in [3.05, 3.63) is 0 Å². The summed E-state index contributed by atoms with van der Waals surface area (Å²) in [5, 5.41) is 3.10. The smallest absolute Gasteiger partial charge is 0.319 e. The van der Waals surface area contributed by atoms with Gasteiger partial charge in [-0.05, 0) is 31.1 Å². The number of amides is 3. The van der Waals surface area contributed by atoms with Gasteiger partial charge in [-0.25, -0.2) is 4.79 Å². The summed E-state index contributed by atoms with van der Waals surface area (Å²) in [6.07, 6.45) is 2.85. The van der Waals surface area contributed by atoms with Gasteiger partial charge in [0.05, 0.1) is 0 Å². The van der Waals surface area contributed by atoms with Gasteiger partial charge in [-0.3, -0.25) is 4.79 Å². The summed E-state index contributed by atoms with van der Waals surface area (Å²) in [4.78, 5) is 30.2. The molecule has 2 heterocycles. The van der Waals surface area contributed by atoms with Crippen molar-refractivity contribution in [2.75, 3.05) is 53.4 Å². The highest BCUT2D eigenvalue weighted by atomic mass is 16.2. The van der Waals surface area contributed by atoms with E-state index < -0.39 is 0 Å². The molecular formula is C18H34N4O2. The normalized spacial score (nSPS) is 26.2. The Labute approximate surface area is 146 Å². The van der Waals surface area contributed by atoms with Crippen LogP contribution >= 0.6 is 0 Å². The van der Waals surface area contributed by atoms with Gasteiger partial charge in [-0.15, -0.1) is 0 Å². The summed E-state index contributed by atoms with van der Waals surface area (Å²) >= 11 is 0. The van der Waals surface area contributed by atoms with Gasteiger partial charge in [0.2, 0.25) is 5.91 Å². The number of likely N-dealkylation sites (tertiary alicyclic amines) is 2. The van der Waals surface area contributed by atoms with Crippen LogP contribution in [0.4, 0.5) is 4.79 Å². The summed E-state index contributed by atoms with van der Waals surface area (Å²) in [5.74, 6) is 1.71. The molecule has 0 saturated carbocycles. The van der Waals surface area contributed by atoms with E-state index in [-0.39, 0.29) is 17.9 Å². The van der Waals surface area contributed by atoms with Crippen LogP contribution in [-0.4, -0.2) is 80.0 Å². The number of hydrogen-bond acceptors (Lipinski definition) is 3. The monoisotopic (exact) mass is 338 g/mol. The molecule has 24 heavy (non-hydrogen) atoms. The van der Waals surface area contributed by atoms with E-state index >= 15 is 0 Å². The molecule has 1 N–H and O–H groups in total. The first-order chi connectivity index (χ1) is 11.4. The predicted molar refractivity (Wildman–Crippen MR) is 95.8 cm³/mol. The molecule has 0 radical (unpaired) electrons. The molecule has 0 aromatic carbocycles. The molecule has 2 aliphatic rings. The van der Waals surface area contributed by atoms with Crippen LogP contribution in [-0.2, 0) is 4.79 Å². The van der Waals surface area contributed by atoms with E-state index in [1.54, 1.807) is 19.0 Å². The molecule has 0 aromatic heterocycles. The van der Waals surface area contributed by atoms with Gasteiger partial charge in [-0.2, -0.15) is 0 Å². The lowest BCUT2D eigenvalue weighted by atomic mass is 9.92. The van der Waals surface area contributed by atoms with Crippen LogP contribution in [0.5, 0.6) is 0 Å². The Balaban J connectivity index is 1.66. The molecule has 0 spiro atoms. The number of hydrogen-bond donors (Lipinski definition) is 1. The zero-order valence-corrected chi connectivity index (χ0v) is 15.8. The Hall–Kier alpha value is -1.30. The average Bonchev–Trinajstić information content (AvgIpc) is 2.53. The summed E-state index contributed by atoms with van der Waals surface area (Å²) in [6.45, 7) is 9.94. The lowest BCUT2D eigenvalue weighted by Gasteiger charge is -2.35. The number of rotatable bonds is 4. The van der Waals surface area contributed by atoms with E-state index in [0.717, 1.165) is 50.9 Å². The lowest BCUT2D eigenvalue weighted by Crippen LogP contribution is -2.47. The van der Waals surface area contributed by atoms with Crippen molar-refractivity contribution in [1.29, 1.82) is 0 Å². The third-order valence-corrected chi connectivity index (χ3v) is 5.19. The van der Waals surface area contributed by atoms with E-state index in [1.807, 2.05) is 4.90 Å². The van der Waals surface area contributed by atoms with E-state index in [1.165, 1.54) is 6.42 Å². The number of carbonyl (C=O) groups excluding carboxylic acids is 2. The SMILES string of the molecule is CC1CC(C)CN(CCNC(=O)C2CCN(C(=O)N(C)C)CC2)C1. The van der Waals surface area contributed by atoms with Gasteiger partial charge >= 0.3 is 6.03 Å². The quantitative estimate of drug-likeness (QED) is 0.845. The molecule has 2 fully saturated rings. The average molecular weight is 338 g/mol. The van der Waals surface area contributed by atoms with Crippen LogP contribution in [0.1, 0.15) is 33.1 Å². The third kappa shape index (κ3) is 5.36. The van der Waals surface area contributed by atoms with Crippen molar-refractivity contribution in [3.8, 4) is 0 Å². The Morgan fingerprint density at radius 3 is 2.21 bits per heavy atom. The molecule has 0 aromatic rings. The van der Waals surface area contributed by atoms with Crippen molar-refractivity contribution in [1.82, 2.24) is 20.0 Å². The fourth-order valence-electron chi connectivity index (χ4n) is 4.07. The van der Waals surface area contributed by atoms with Crippen LogP contribution in [0.3, 0.4) is 0 Å². The number of nitrogens with zero attached hydrogens (tertiary/aromatic N) is 3. The van der Waals surface area contributed by atoms with Crippen LogP contribution in [0, 0.1) is 17.8 Å². The number of urea groups is 1. The minimum absolute atomic E-state index is 0.0437. The lowest BCUT2D eigenvalue weighted by molar-refractivity contribution is -0.126. The zero-order chi connectivity index (χ0) is 17.7. The maximum atomic E-state index is 12.3. The van der Waals surface area contributed by atoms with Crippen molar-refractivity contribution >= 4 is 11.9 Å². The number of carbonyl (C=O) groups is 2. The topological polar surface area (TPSA) is 55.9 Å². The van der Waals surface area contributed by atoms with Gasteiger partial charge < -0.3 is 20.0 Å². The second-order valence-corrected chi connectivity index (χ2v) is 7.93. The minimum atomic E-state index is 0.0437. The molecular weight excluding hydrogens is 304 g/mol. The summed E-state index contributed by atoms with van der Waals surface area (Å²) in [7, 11) is 3.53. The van der Waals surface area contributed by atoms with Crippen molar-refractivity contribution < 1.29 is 9.59 Å². The van der Waals surface area contributed by atoms with E-state index in [9.17, 15) is 9.59 Å². The predicted octanol–water partition coefficient (Wildman–Crippen LogP) is 1.47. The van der Waals surface area contributed by atoms with Crippen LogP contribution in [0.2, 0.25) is 0 Å². The van der Waals surface area contributed by atoms with E-state index in [0.29, 0.717) is 13.1 Å². The molecule has 2 saturated heterocycles. The van der Waals surface area contributed by atoms with E-state index in [2.05, 4.69) is 24.1 Å². The third-order valence-electron chi connectivity index (χ3n) is 5.19. The van der Waals surface area contributed by atoms with Crippen LogP contribution < -0.4 is 5.32 Å². The molecule has 2 rings (SSSR count). The fourth-order valence-corrected chi connectivity index (χ4v) is 4.07. The second kappa shape index (κ2) is 8.70. The van der Waals surface area contributed by atoms with Crippen LogP contribution in [0.25, 0.3) is 0 Å². The Morgan fingerprint density at radius 1 is 1.08 bits per heavy atom. The molecule has 2 unspecified atom stereocenters. The molecule has 138 valence electrons. The maximum absolute atomic E-state index is 12.3. The Bertz CT molecular complexity index is 423. The zero-order valence-electron chi connectivity index (χ0n) is 15.8. The first-order valence-electron chi connectivity index (χ1n) is 9.33. The first kappa shape index (κ1) is 19.0. The van der Waals surface area contributed by atoms with Gasteiger partial charge in [0, 0.05) is 59.3 Å². The first-order valence-corrected chi connectivity index (χ1v) is 9.33. The standard InChI is InChI=1S/C18H34N4O2/c1-14-11-15(2)13-21(12-14)10-7-19-17(23)16-5-8-22(9-6-16)18(24)20(3)4/h14-16H,5-13H2,1-4H3,(H,19,23). The molecule has 0 bridgehead atoms. The second-order valence-electron chi connectivity index (χ2n) is 7.93. The highest BCUT2D eigenvalue weighted by Crippen LogP contribution is 2.20. The van der Waals surface area contributed by atoms with Crippen molar-refractivity contribution in [3.63, 3.8) is 0 Å². The molecule has 3 amide bonds. The maximum Gasteiger partial charge on any atom is 0.319 e. The molecule has 6 nitrogen and oxygen atoms in total. The van der Waals surface area contributed by atoms with Gasteiger partial charge in [0.1, 0.15) is 0 Å². The van der Waals surface area contributed by atoms with E-state index in [4.69, 9.17) is 0 Å².